The molecular weight excluding hydrogens is 408 g/mol. The van der Waals surface area contributed by atoms with E-state index in [9.17, 15) is 13.2 Å². The number of sulfonamides is 1. The largest absolute Gasteiger partial charge is 0.490 e. The normalized spacial score (nSPS) is 15.6. The lowest BCUT2D eigenvalue weighted by Crippen LogP contribution is -2.37. The second-order valence-electron chi connectivity index (χ2n) is 6.93. The van der Waals surface area contributed by atoms with Gasteiger partial charge >= 0.3 is 0 Å². The molecule has 30 heavy (non-hydrogen) atoms. The van der Waals surface area contributed by atoms with Crippen LogP contribution in [0, 0.1) is 0 Å². The Morgan fingerprint density at radius 2 is 1.80 bits per heavy atom. The zero-order chi connectivity index (χ0) is 21.7. The van der Waals surface area contributed by atoms with E-state index in [4.69, 9.17) is 9.47 Å². The molecule has 0 aliphatic carbocycles. The lowest BCUT2D eigenvalue weighted by atomic mass is 10.1. The van der Waals surface area contributed by atoms with E-state index >= 15 is 0 Å². The molecule has 164 valence electrons. The fourth-order valence-corrected chi connectivity index (χ4v) is 4.84. The highest BCUT2D eigenvalue weighted by Crippen LogP contribution is 2.29. The van der Waals surface area contributed by atoms with Crippen molar-refractivity contribution in [1.82, 2.24) is 19.0 Å². The number of hydrogen-bond acceptors (Lipinski definition) is 6. The van der Waals surface area contributed by atoms with Gasteiger partial charge in [-0.1, -0.05) is 0 Å². The highest BCUT2D eigenvalue weighted by atomic mass is 32.2. The van der Waals surface area contributed by atoms with Crippen LogP contribution in [-0.2, 0) is 17.1 Å². The van der Waals surface area contributed by atoms with Gasteiger partial charge in [-0.15, -0.1) is 0 Å². The Morgan fingerprint density at radius 1 is 1.07 bits per heavy atom. The highest BCUT2D eigenvalue weighted by molar-refractivity contribution is 7.89. The molecule has 1 aromatic carbocycles. The molecule has 1 aliphatic heterocycles. The first-order valence-corrected chi connectivity index (χ1v) is 11.5. The minimum atomic E-state index is -3.63. The van der Waals surface area contributed by atoms with Gasteiger partial charge in [0.15, 0.2) is 11.5 Å². The summed E-state index contributed by atoms with van der Waals surface area (Å²) in [6.07, 6.45) is 3.39. The second kappa shape index (κ2) is 9.48. The van der Waals surface area contributed by atoms with Crippen LogP contribution in [0.15, 0.2) is 35.5 Å². The highest BCUT2D eigenvalue weighted by Gasteiger charge is 2.29. The Bertz CT molecular complexity index is 989. The van der Waals surface area contributed by atoms with E-state index in [-0.39, 0.29) is 17.3 Å². The summed E-state index contributed by atoms with van der Waals surface area (Å²) in [5.41, 5.74) is 0.491. The lowest BCUT2D eigenvalue weighted by molar-refractivity contribution is 0.0763. The number of aryl methyl sites for hydroxylation is 1. The standard InChI is InChI=1S/C20H28N4O5S/c1-4-28-18-8-7-16(13-19(18)29-5-2)20(25)23-9-6-10-24(12-11-23)30(26,27)17-14-21-22(3)15-17/h7-8,13-15H,4-6,9-12H2,1-3H3. The molecule has 0 unspecified atom stereocenters. The molecule has 1 fully saturated rings. The SMILES string of the molecule is CCOc1ccc(C(=O)N2CCCN(S(=O)(=O)c3cnn(C)c3)CC2)cc1OCC. The first-order valence-electron chi connectivity index (χ1n) is 10.0. The average molecular weight is 437 g/mol. The number of benzene rings is 1. The number of rotatable bonds is 7. The predicted octanol–water partition coefficient (Wildman–Crippen LogP) is 1.75. The van der Waals surface area contributed by atoms with Gasteiger partial charge in [-0.2, -0.15) is 9.40 Å². The first-order chi connectivity index (χ1) is 14.4. The van der Waals surface area contributed by atoms with E-state index < -0.39 is 10.0 Å². The molecule has 0 saturated carbocycles. The van der Waals surface area contributed by atoms with Crippen LogP contribution in [-0.4, -0.2) is 72.7 Å². The molecule has 9 nitrogen and oxygen atoms in total. The predicted molar refractivity (Wildman–Crippen MR) is 111 cm³/mol. The number of hydrogen-bond donors (Lipinski definition) is 0. The molecule has 0 radical (unpaired) electrons. The topological polar surface area (TPSA) is 94.0 Å². The van der Waals surface area contributed by atoms with Gasteiger partial charge < -0.3 is 14.4 Å². The Labute approximate surface area is 177 Å². The summed E-state index contributed by atoms with van der Waals surface area (Å²) >= 11 is 0. The third-order valence-electron chi connectivity index (χ3n) is 4.85. The maximum Gasteiger partial charge on any atom is 0.254 e. The maximum absolute atomic E-state index is 13.1. The van der Waals surface area contributed by atoms with Gasteiger partial charge in [-0.05, 0) is 38.5 Å². The molecule has 10 heteroatoms. The first kappa shape index (κ1) is 22.1. The Morgan fingerprint density at radius 3 is 2.47 bits per heavy atom. The minimum Gasteiger partial charge on any atom is -0.490 e. The molecule has 2 heterocycles. The monoisotopic (exact) mass is 436 g/mol. The van der Waals surface area contributed by atoms with Crippen molar-refractivity contribution in [3.05, 3.63) is 36.2 Å². The van der Waals surface area contributed by atoms with Crippen molar-refractivity contribution in [2.75, 3.05) is 39.4 Å². The maximum atomic E-state index is 13.1. The fourth-order valence-electron chi connectivity index (χ4n) is 3.39. The van der Waals surface area contributed by atoms with Crippen molar-refractivity contribution >= 4 is 15.9 Å². The molecule has 1 aromatic heterocycles. The number of nitrogens with zero attached hydrogens (tertiary/aromatic N) is 4. The molecule has 1 amide bonds. The molecule has 0 N–H and O–H groups in total. The second-order valence-corrected chi connectivity index (χ2v) is 8.87. The summed E-state index contributed by atoms with van der Waals surface area (Å²) in [6.45, 7) is 6.11. The van der Waals surface area contributed by atoms with Gasteiger partial charge in [0.05, 0.1) is 19.4 Å². The average Bonchev–Trinajstić information content (AvgIpc) is 3.01. The van der Waals surface area contributed by atoms with Crippen molar-refractivity contribution in [3.8, 4) is 11.5 Å². The molecule has 0 bridgehead atoms. The molecule has 2 aromatic rings. The van der Waals surface area contributed by atoms with E-state index in [2.05, 4.69) is 5.10 Å². The van der Waals surface area contributed by atoms with Crippen LogP contribution in [0.5, 0.6) is 11.5 Å². The minimum absolute atomic E-state index is 0.153. The Balaban J connectivity index is 1.73. The number of ether oxygens (including phenoxy) is 2. The van der Waals surface area contributed by atoms with Crippen molar-refractivity contribution < 1.29 is 22.7 Å². The van der Waals surface area contributed by atoms with E-state index in [0.717, 1.165) is 0 Å². The van der Waals surface area contributed by atoms with Crippen LogP contribution in [0.25, 0.3) is 0 Å². The summed E-state index contributed by atoms with van der Waals surface area (Å²) < 4.78 is 39.8. The molecular formula is C20H28N4O5S. The molecule has 3 rings (SSSR count). The van der Waals surface area contributed by atoms with Crippen LogP contribution < -0.4 is 9.47 Å². The van der Waals surface area contributed by atoms with Crippen LogP contribution >= 0.6 is 0 Å². The summed E-state index contributed by atoms with van der Waals surface area (Å²) in [7, 11) is -1.95. The Kier molecular flexibility index (Phi) is 6.99. The fraction of sp³-hybridized carbons (Fsp3) is 0.500. The van der Waals surface area contributed by atoms with Crippen LogP contribution in [0.3, 0.4) is 0 Å². The molecule has 1 saturated heterocycles. The summed E-state index contributed by atoms with van der Waals surface area (Å²) in [5.74, 6) is 0.973. The van der Waals surface area contributed by atoms with Gasteiger partial charge in [0, 0.05) is 45.0 Å². The van der Waals surface area contributed by atoms with Gasteiger partial charge in [-0.3, -0.25) is 9.48 Å². The number of carbonyl (C=O) groups excluding carboxylic acids is 1. The van der Waals surface area contributed by atoms with E-state index in [1.54, 1.807) is 30.1 Å². The van der Waals surface area contributed by atoms with Crippen molar-refractivity contribution in [2.45, 2.75) is 25.2 Å². The molecule has 0 spiro atoms. The van der Waals surface area contributed by atoms with Gasteiger partial charge in [0.1, 0.15) is 4.90 Å². The third-order valence-corrected chi connectivity index (χ3v) is 6.70. The lowest BCUT2D eigenvalue weighted by Gasteiger charge is -2.22. The molecule has 1 aliphatic rings. The van der Waals surface area contributed by atoms with Crippen molar-refractivity contribution in [3.63, 3.8) is 0 Å². The zero-order valence-corrected chi connectivity index (χ0v) is 18.4. The number of carbonyl (C=O) groups is 1. The quantitative estimate of drug-likeness (QED) is 0.656. The van der Waals surface area contributed by atoms with Crippen molar-refractivity contribution in [1.29, 1.82) is 0 Å². The van der Waals surface area contributed by atoms with E-state index in [1.165, 1.54) is 21.4 Å². The van der Waals surface area contributed by atoms with Crippen molar-refractivity contribution in [2.24, 2.45) is 7.05 Å². The number of aromatic nitrogens is 2. The van der Waals surface area contributed by atoms with E-state index in [0.29, 0.717) is 56.3 Å². The molecule has 0 atom stereocenters. The van der Waals surface area contributed by atoms with Gasteiger partial charge in [0.25, 0.3) is 5.91 Å². The van der Waals surface area contributed by atoms with E-state index in [1.807, 2.05) is 13.8 Å². The summed E-state index contributed by atoms with van der Waals surface area (Å²) in [4.78, 5) is 14.9. The number of amides is 1. The summed E-state index contributed by atoms with van der Waals surface area (Å²) in [5, 5.41) is 3.95. The summed E-state index contributed by atoms with van der Waals surface area (Å²) in [6, 6.07) is 5.13. The smallest absolute Gasteiger partial charge is 0.254 e. The third kappa shape index (κ3) is 4.76. The Hall–Kier alpha value is -2.59. The van der Waals surface area contributed by atoms with Crippen LogP contribution in [0.1, 0.15) is 30.6 Å². The zero-order valence-electron chi connectivity index (χ0n) is 17.6. The van der Waals surface area contributed by atoms with Crippen LogP contribution in [0.4, 0.5) is 0 Å². The van der Waals surface area contributed by atoms with Gasteiger partial charge in [-0.25, -0.2) is 8.42 Å². The van der Waals surface area contributed by atoms with Crippen LogP contribution in [0.2, 0.25) is 0 Å². The van der Waals surface area contributed by atoms with Gasteiger partial charge in [0.2, 0.25) is 10.0 Å².